The summed E-state index contributed by atoms with van der Waals surface area (Å²) in [5.41, 5.74) is 2.59. The lowest BCUT2D eigenvalue weighted by atomic mass is 10.1. The minimum absolute atomic E-state index is 0.142. The second-order valence-corrected chi connectivity index (χ2v) is 8.91. The van der Waals surface area contributed by atoms with Gasteiger partial charge in [0.25, 0.3) is 5.91 Å². The minimum atomic E-state index is -3.79. The third-order valence-corrected chi connectivity index (χ3v) is 6.89. The van der Waals surface area contributed by atoms with Crippen molar-refractivity contribution in [1.29, 1.82) is 0 Å². The molecule has 7 heteroatoms. The van der Waals surface area contributed by atoms with E-state index in [4.69, 9.17) is 0 Å². The van der Waals surface area contributed by atoms with Gasteiger partial charge in [-0.2, -0.15) is 0 Å². The molecule has 2 aromatic carbocycles. The summed E-state index contributed by atoms with van der Waals surface area (Å²) in [7, 11) is -3.79. The number of aryl methyl sites for hydroxylation is 2. The molecule has 29 heavy (non-hydrogen) atoms. The lowest BCUT2D eigenvalue weighted by Crippen LogP contribution is -2.32. The van der Waals surface area contributed by atoms with E-state index in [-0.39, 0.29) is 17.0 Å². The third-order valence-electron chi connectivity index (χ3n) is 4.79. The van der Waals surface area contributed by atoms with Crippen LogP contribution in [0.15, 0.2) is 71.9 Å². The molecule has 0 bridgehead atoms. The normalized spacial score (nSPS) is 12.4. The molecule has 0 aliphatic carbocycles. The molecule has 5 nitrogen and oxygen atoms in total. The molecule has 0 spiro atoms. The molecule has 1 aromatic heterocycles. The summed E-state index contributed by atoms with van der Waals surface area (Å²) in [5.74, 6) is -0.929. The average molecular weight is 412 g/mol. The molecule has 0 saturated heterocycles. The maximum absolute atomic E-state index is 13.4. The number of hydrogen-bond acceptors (Lipinski definition) is 4. The Hall–Kier alpha value is -3.06. The second kappa shape index (κ2) is 8.53. The van der Waals surface area contributed by atoms with Crippen LogP contribution in [-0.2, 0) is 9.84 Å². The highest BCUT2D eigenvalue weighted by Crippen LogP contribution is 2.29. The van der Waals surface area contributed by atoms with Crippen LogP contribution in [0.2, 0.25) is 0 Å². The van der Waals surface area contributed by atoms with Crippen molar-refractivity contribution in [1.82, 2.24) is 10.3 Å². The molecule has 0 fully saturated rings. The predicted octanol–water partition coefficient (Wildman–Crippen LogP) is 3.78. The van der Waals surface area contributed by atoms with Crippen molar-refractivity contribution < 1.29 is 17.6 Å². The van der Waals surface area contributed by atoms with Gasteiger partial charge in [-0.1, -0.05) is 12.1 Å². The molecule has 3 aromatic rings. The Balaban J connectivity index is 1.91. The van der Waals surface area contributed by atoms with Crippen molar-refractivity contribution in [2.75, 3.05) is 6.54 Å². The van der Waals surface area contributed by atoms with Gasteiger partial charge in [0.05, 0.1) is 4.90 Å². The van der Waals surface area contributed by atoms with Crippen LogP contribution in [0.25, 0.3) is 0 Å². The first kappa shape index (κ1) is 20.7. The molecule has 0 saturated carbocycles. The van der Waals surface area contributed by atoms with Gasteiger partial charge in [-0.25, -0.2) is 12.8 Å². The van der Waals surface area contributed by atoms with Crippen molar-refractivity contribution in [3.05, 3.63) is 95.1 Å². The molecule has 0 aliphatic heterocycles. The maximum atomic E-state index is 13.4. The number of benzene rings is 2. The number of rotatable bonds is 6. The van der Waals surface area contributed by atoms with Gasteiger partial charge >= 0.3 is 0 Å². The first-order valence-electron chi connectivity index (χ1n) is 9.04. The molecule has 0 aliphatic rings. The summed E-state index contributed by atoms with van der Waals surface area (Å²) in [6.45, 7) is 3.62. The number of halogens is 1. The van der Waals surface area contributed by atoms with Gasteiger partial charge < -0.3 is 5.32 Å². The summed E-state index contributed by atoms with van der Waals surface area (Å²) >= 11 is 0. The molecule has 3 rings (SSSR count). The maximum Gasteiger partial charge on any atom is 0.251 e. The highest BCUT2D eigenvalue weighted by Gasteiger charge is 2.30. The van der Waals surface area contributed by atoms with Crippen LogP contribution in [0.3, 0.4) is 0 Å². The molecular formula is C22H21FN2O3S. The molecule has 1 amide bonds. The SMILES string of the molecule is Cc1ccc(S(=O)(=O)[C@@H](CNC(=O)c2ccc(F)cc2)c2cccnc2)cc1C. The second-order valence-electron chi connectivity index (χ2n) is 6.78. The summed E-state index contributed by atoms with van der Waals surface area (Å²) in [6, 6.07) is 13.3. The number of carbonyl (C=O) groups excluding carboxylic acids is 1. The number of pyridine rings is 1. The van der Waals surface area contributed by atoms with Crippen molar-refractivity contribution in [2.45, 2.75) is 24.0 Å². The average Bonchev–Trinajstić information content (AvgIpc) is 2.71. The Labute approximate surface area is 169 Å². The quantitative estimate of drug-likeness (QED) is 0.668. The van der Waals surface area contributed by atoms with Crippen molar-refractivity contribution in [3.63, 3.8) is 0 Å². The zero-order chi connectivity index (χ0) is 21.0. The van der Waals surface area contributed by atoms with E-state index in [1.807, 2.05) is 13.8 Å². The van der Waals surface area contributed by atoms with E-state index in [1.165, 1.54) is 30.5 Å². The van der Waals surface area contributed by atoms with Crippen LogP contribution < -0.4 is 5.32 Å². The van der Waals surface area contributed by atoms with Crippen LogP contribution in [0, 0.1) is 19.7 Å². The van der Waals surface area contributed by atoms with E-state index in [2.05, 4.69) is 10.3 Å². The third kappa shape index (κ3) is 4.68. The van der Waals surface area contributed by atoms with Crippen LogP contribution >= 0.6 is 0 Å². The van der Waals surface area contributed by atoms with Gasteiger partial charge in [-0.05, 0) is 73.0 Å². The van der Waals surface area contributed by atoms with Crippen molar-refractivity contribution in [3.8, 4) is 0 Å². The van der Waals surface area contributed by atoms with Gasteiger partial charge in [0, 0.05) is 24.5 Å². The van der Waals surface area contributed by atoms with Crippen LogP contribution in [0.1, 0.15) is 32.3 Å². The highest BCUT2D eigenvalue weighted by molar-refractivity contribution is 7.91. The van der Waals surface area contributed by atoms with E-state index in [1.54, 1.807) is 36.5 Å². The fourth-order valence-electron chi connectivity index (χ4n) is 2.92. The fraction of sp³-hybridized carbons (Fsp3) is 0.182. The minimum Gasteiger partial charge on any atom is -0.350 e. The van der Waals surface area contributed by atoms with E-state index in [0.717, 1.165) is 11.1 Å². The van der Waals surface area contributed by atoms with Crippen LogP contribution in [0.5, 0.6) is 0 Å². The monoisotopic (exact) mass is 412 g/mol. The van der Waals surface area contributed by atoms with E-state index in [0.29, 0.717) is 5.56 Å². The highest BCUT2D eigenvalue weighted by atomic mass is 32.2. The lowest BCUT2D eigenvalue weighted by Gasteiger charge is -2.19. The van der Waals surface area contributed by atoms with Crippen molar-refractivity contribution in [2.24, 2.45) is 0 Å². The van der Waals surface area contributed by atoms with E-state index < -0.39 is 26.8 Å². The van der Waals surface area contributed by atoms with Crippen LogP contribution in [-0.4, -0.2) is 25.9 Å². The van der Waals surface area contributed by atoms with Gasteiger partial charge in [-0.3, -0.25) is 9.78 Å². The Morgan fingerprint density at radius 1 is 1.07 bits per heavy atom. The van der Waals surface area contributed by atoms with E-state index in [9.17, 15) is 17.6 Å². The molecule has 1 heterocycles. The van der Waals surface area contributed by atoms with Gasteiger partial charge in [0.1, 0.15) is 11.1 Å². The fourth-order valence-corrected chi connectivity index (χ4v) is 4.64. The Morgan fingerprint density at radius 3 is 2.41 bits per heavy atom. The first-order chi connectivity index (χ1) is 13.8. The number of sulfone groups is 1. The zero-order valence-electron chi connectivity index (χ0n) is 16.1. The Bertz CT molecular complexity index is 1110. The van der Waals surface area contributed by atoms with Gasteiger partial charge in [0.2, 0.25) is 0 Å². The number of amides is 1. The topological polar surface area (TPSA) is 76.1 Å². The molecular weight excluding hydrogens is 391 g/mol. The molecule has 1 N–H and O–H groups in total. The number of nitrogens with one attached hydrogen (secondary N) is 1. The lowest BCUT2D eigenvalue weighted by molar-refractivity contribution is 0.0953. The Kier molecular flexibility index (Phi) is 6.08. The zero-order valence-corrected chi connectivity index (χ0v) is 16.9. The Morgan fingerprint density at radius 2 is 1.79 bits per heavy atom. The standard InChI is InChI=1S/C22H21FN2O3S/c1-15-5-10-20(12-16(15)2)29(27,28)21(18-4-3-11-24-13-18)14-25-22(26)17-6-8-19(23)9-7-17/h3-13,21H,14H2,1-2H3,(H,25,26)/t21-/m0/s1. The number of nitrogens with zero attached hydrogens (tertiary/aromatic N) is 1. The first-order valence-corrected chi connectivity index (χ1v) is 10.6. The van der Waals surface area contributed by atoms with Gasteiger partial charge in [-0.15, -0.1) is 0 Å². The predicted molar refractivity (Wildman–Crippen MR) is 109 cm³/mol. The largest absolute Gasteiger partial charge is 0.350 e. The summed E-state index contributed by atoms with van der Waals surface area (Å²) in [4.78, 5) is 16.6. The molecule has 0 radical (unpaired) electrons. The van der Waals surface area contributed by atoms with Crippen LogP contribution in [0.4, 0.5) is 4.39 Å². The summed E-state index contributed by atoms with van der Waals surface area (Å²) in [5, 5.41) is 1.64. The molecule has 0 unspecified atom stereocenters. The van der Waals surface area contributed by atoms with Gasteiger partial charge in [0.15, 0.2) is 9.84 Å². The van der Waals surface area contributed by atoms with E-state index >= 15 is 0 Å². The molecule has 1 atom stereocenters. The number of aromatic nitrogens is 1. The van der Waals surface area contributed by atoms with Crippen molar-refractivity contribution >= 4 is 15.7 Å². The number of hydrogen-bond donors (Lipinski definition) is 1. The number of carbonyl (C=O) groups is 1. The summed E-state index contributed by atoms with van der Waals surface area (Å²) in [6.07, 6.45) is 3.04. The summed E-state index contributed by atoms with van der Waals surface area (Å²) < 4.78 is 39.8. The molecule has 150 valence electrons. The smallest absolute Gasteiger partial charge is 0.251 e.